The van der Waals surface area contributed by atoms with Crippen LogP contribution in [0.2, 0.25) is 0 Å². The van der Waals surface area contributed by atoms with Crippen molar-refractivity contribution in [2.75, 3.05) is 6.61 Å². The average molecular weight is 629 g/mol. The zero-order valence-corrected chi connectivity index (χ0v) is 27.6. The molecule has 1 unspecified atom stereocenters. The number of benzene rings is 3. The topological polar surface area (TPSA) is 9.23 Å². The largest absolute Gasteiger partial charge is 0.490 e. The monoisotopic (exact) mass is 628 g/mol. The molecule has 0 heterocycles. The van der Waals surface area contributed by atoms with Gasteiger partial charge in [-0.05, 0) is 110 Å². The van der Waals surface area contributed by atoms with Crippen molar-refractivity contribution in [2.45, 2.75) is 103 Å². The zero-order valence-electron chi connectivity index (χ0n) is 27.6. The van der Waals surface area contributed by atoms with Crippen LogP contribution < -0.4 is 4.74 Å². The van der Waals surface area contributed by atoms with E-state index in [1.165, 1.54) is 57.4 Å². The summed E-state index contributed by atoms with van der Waals surface area (Å²) in [5, 5.41) is 0. The zero-order chi connectivity index (χ0) is 32.3. The molecule has 1 atom stereocenters. The van der Waals surface area contributed by atoms with E-state index in [1.54, 1.807) is 24.3 Å². The predicted molar refractivity (Wildman–Crippen MR) is 186 cm³/mol. The molecule has 0 N–H and O–H groups in total. The van der Waals surface area contributed by atoms with Gasteiger partial charge < -0.3 is 4.74 Å². The second kappa shape index (κ2) is 17.0. The molecule has 0 spiro atoms. The standard InChI is InChI=1S/C42H51F3O/c1-3-5-7-8-9-10-28-46-40-27-26-38(41(44)42(40)45)35-22-18-33(19-23-35)36-24-25-37(39(43)29-36)34-20-16-32(17-21-34)31-14-12-30(13-15-31)11-6-4-2/h4,18-20,22-27,29-32H,2-3,5-17,21,28H2,1H3. The lowest BCUT2D eigenvalue weighted by Gasteiger charge is -2.35. The van der Waals surface area contributed by atoms with Crippen LogP contribution in [-0.2, 0) is 0 Å². The molecular formula is C42H51F3O. The highest BCUT2D eigenvalue weighted by atomic mass is 19.2. The van der Waals surface area contributed by atoms with E-state index in [-0.39, 0.29) is 17.1 Å². The third-order valence-corrected chi connectivity index (χ3v) is 10.4. The molecule has 246 valence electrons. The molecule has 3 aromatic carbocycles. The molecule has 2 aliphatic rings. The van der Waals surface area contributed by atoms with Gasteiger partial charge in [0.15, 0.2) is 11.6 Å². The molecule has 4 heteroatoms. The minimum atomic E-state index is -0.958. The summed E-state index contributed by atoms with van der Waals surface area (Å²) < 4.78 is 50.8. The molecule has 46 heavy (non-hydrogen) atoms. The maximum absolute atomic E-state index is 15.4. The molecule has 0 radical (unpaired) electrons. The van der Waals surface area contributed by atoms with E-state index in [1.807, 2.05) is 30.3 Å². The van der Waals surface area contributed by atoms with Gasteiger partial charge in [0, 0.05) is 11.1 Å². The van der Waals surface area contributed by atoms with Gasteiger partial charge in [0.25, 0.3) is 0 Å². The SMILES string of the molecule is C=CCCC1CCC(C2CC=C(c3ccc(-c4ccc(-c5ccc(OCCCCCCCC)c(F)c5F)cc4)cc3F)CC2)CC1. The number of hydrogen-bond donors (Lipinski definition) is 0. The minimum absolute atomic E-state index is 0.0485. The number of allylic oxidation sites excluding steroid dienone is 3. The van der Waals surface area contributed by atoms with Crippen LogP contribution >= 0.6 is 0 Å². The van der Waals surface area contributed by atoms with Crippen molar-refractivity contribution in [3.63, 3.8) is 0 Å². The Morgan fingerprint density at radius 3 is 2.13 bits per heavy atom. The molecule has 0 saturated heterocycles. The molecular weight excluding hydrogens is 577 g/mol. The second-order valence-corrected chi connectivity index (χ2v) is 13.5. The Bertz CT molecular complexity index is 1450. The maximum atomic E-state index is 15.4. The molecule has 0 aliphatic heterocycles. The van der Waals surface area contributed by atoms with Crippen LogP contribution in [0.25, 0.3) is 27.8 Å². The molecule has 0 aromatic heterocycles. The molecule has 3 aromatic rings. The second-order valence-electron chi connectivity index (χ2n) is 13.5. The van der Waals surface area contributed by atoms with Gasteiger partial charge in [-0.15, -0.1) is 6.58 Å². The van der Waals surface area contributed by atoms with Crippen LogP contribution in [0.4, 0.5) is 13.2 Å². The first-order valence-corrected chi connectivity index (χ1v) is 17.8. The number of unbranched alkanes of at least 4 members (excludes halogenated alkanes) is 5. The van der Waals surface area contributed by atoms with Crippen molar-refractivity contribution in [3.8, 4) is 28.0 Å². The van der Waals surface area contributed by atoms with Crippen molar-refractivity contribution in [1.29, 1.82) is 0 Å². The first kappa shape index (κ1) is 34.1. The van der Waals surface area contributed by atoms with E-state index in [0.717, 1.165) is 79.4 Å². The summed E-state index contributed by atoms with van der Waals surface area (Å²) in [6.45, 7) is 6.42. The van der Waals surface area contributed by atoms with Gasteiger partial charge >= 0.3 is 0 Å². The first-order chi connectivity index (χ1) is 22.5. The van der Waals surface area contributed by atoms with E-state index in [0.29, 0.717) is 17.7 Å². The third kappa shape index (κ3) is 8.75. The van der Waals surface area contributed by atoms with Crippen molar-refractivity contribution in [3.05, 3.63) is 96.3 Å². The average Bonchev–Trinajstić information content (AvgIpc) is 3.09. The van der Waals surface area contributed by atoms with Gasteiger partial charge in [-0.3, -0.25) is 0 Å². The summed E-state index contributed by atoms with van der Waals surface area (Å²) in [6, 6.07) is 15.7. The summed E-state index contributed by atoms with van der Waals surface area (Å²) in [7, 11) is 0. The highest BCUT2D eigenvalue weighted by molar-refractivity contribution is 5.74. The van der Waals surface area contributed by atoms with Gasteiger partial charge in [0.2, 0.25) is 5.82 Å². The van der Waals surface area contributed by atoms with Gasteiger partial charge in [-0.2, -0.15) is 4.39 Å². The van der Waals surface area contributed by atoms with Crippen molar-refractivity contribution in [2.24, 2.45) is 17.8 Å². The fourth-order valence-electron chi connectivity index (χ4n) is 7.56. The van der Waals surface area contributed by atoms with Gasteiger partial charge in [-0.1, -0.05) is 100 Å². The lowest BCUT2D eigenvalue weighted by Crippen LogP contribution is -2.23. The lowest BCUT2D eigenvalue weighted by molar-refractivity contribution is 0.190. The van der Waals surface area contributed by atoms with E-state index in [9.17, 15) is 4.39 Å². The van der Waals surface area contributed by atoms with Crippen LogP contribution in [0.5, 0.6) is 5.75 Å². The molecule has 2 aliphatic carbocycles. The van der Waals surface area contributed by atoms with E-state index in [4.69, 9.17) is 4.74 Å². The van der Waals surface area contributed by atoms with Gasteiger partial charge in [-0.25, -0.2) is 8.78 Å². The smallest absolute Gasteiger partial charge is 0.201 e. The molecule has 0 bridgehead atoms. The number of rotatable bonds is 15. The molecule has 0 amide bonds. The van der Waals surface area contributed by atoms with E-state index < -0.39 is 11.6 Å². The van der Waals surface area contributed by atoms with Crippen LogP contribution in [0.15, 0.2) is 73.3 Å². The van der Waals surface area contributed by atoms with Crippen LogP contribution in [0, 0.1) is 35.2 Å². The fraction of sp³-hybridized carbons (Fsp3) is 0.476. The Morgan fingerprint density at radius 2 is 1.43 bits per heavy atom. The number of ether oxygens (including phenoxy) is 1. The first-order valence-electron chi connectivity index (χ1n) is 17.8. The highest BCUT2D eigenvalue weighted by Gasteiger charge is 2.29. The van der Waals surface area contributed by atoms with Crippen molar-refractivity contribution < 1.29 is 17.9 Å². The van der Waals surface area contributed by atoms with Crippen LogP contribution in [-0.4, -0.2) is 6.61 Å². The van der Waals surface area contributed by atoms with Crippen LogP contribution in [0.1, 0.15) is 109 Å². The third-order valence-electron chi connectivity index (χ3n) is 10.4. The summed E-state index contributed by atoms with van der Waals surface area (Å²) in [5.74, 6) is 0.258. The van der Waals surface area contributed by atoms with Gasteiger partial charge in [0.05, 0.1) is 6.61 Å². The Balaban J connectivity index is 1.16. The molecule has 5 rings (SSSR count). The Hall–Kier alpha value is -3.27. The van der Waals surface area contributed by atoms with E-state index >= 15 is 8.78 Å². The van der Waals surface area contributed by atoms with Crippen molar-refractivity contribution >= 4 is 5.57 Å². The number of halogens is 3. The highest BCUT2D eigenvalue weighted by Crippen LogP contribution is 2.43. The normalized spacial score (nSPS) is 19.9. The van der Waals surface area contributed by atoms with Crippen LogP contribution in [0.3, 0.4) is 0 Å². The minimum Gasteiger partial charge on any atom is -0.490 e. The Labute approximate surface area is 275 Å². The Kier molecular flexibility index (Phi) is 12.6. The summed E-state index contributed by atoms with van der Waals surface area (Å²) in [5.41, 5.74) is 4.15. The lowest BCUT2D eigenvalue weighted by atomic mass is 9.70. The quantitative estimate of drug-likeness (QED) is 0.120. The molecule has 1 fully saturated rings. The van der Waals surface area contributed by atoms with E-state index in [2.05, 4.69) is 19.6 Å². The molecule has 1 nitrogen and oxygen atoms in total. The maximum Gasteiger partial charge on any atom is 0.201 e. The van der Waals surface area contributed by atoms with Gasteiger partial charge in [0.1, 0.15) is 5.82 Å². The summed E-state index contributed by atoms with van der Waals surface area (Å²) >= 11 is 0. The number of hydrogen-bond acceptors (Lipinski definition) is 1. The predicted octanol–water partition coefficient (Wildman–Crippen LogP) is 13.1. The molecule has 1 saturated carbocycles. The summed E-state index contributed by atoms with van der Waals surface area (Å²) in [4.78, 5) is 0. The Morgan fingerprint density at radius 1 is 0.739 bits per heavy atom. The summed E-state index contributed by atoms with van der Waals surface area (Å²) in [6.07, 6.45) is 21.8. The van der Waals surface area contributed by atoms with Crippen molar-refractivity contribution in [1.82, 2.24) is 0 Å². The fourth-order valence-corrected chi connectivity index (χ4v) is 7.56.